The molecule has 0 saturated carbocycles. The van der Waals surface area contributed by atoms with Gasteiger partial charge in [-0.3, -0.25) is 4.90 Å². The molecule has 0 aromatic rings. The quantitative estimate of drug-likeness (QED) is 0.620. The summed E-state index contributed by atoms with van der Waals surface area (Å²) < 4.78 is 24.7. The fourth-order valence-corrected chi connectivity index (χ4v) is 2.19. The van der Waals surface area contributed by atoms with Gasteiger partial charge in [-0.15, -0.1) is 0 Å². The summed E-state index contributed by atoms with van der Waals surface area (Å²) in [7, 11) is 0. The Kier molecular flexibility index (Phi) is 6.17. The molecule has 0 aliphatic carbocycles. The minimum absolute atomic E-state index is 0.229. The maximum Gasteiger partial charge on any atom is 0.411 e. The number of nitrogens with zero attached hydrogens (tertiary/aromatic N) is 1. The van der Waals surface area contributed by atoms with Crippen molar-refractivity contribution >= 4 is 12.1 Å². The van der Waals surface area contributed by atoms with Crippen LogP contribution in [0.15, 0.2) is 0 Å². The molecule has 0 aromatic heterocycles. The zero-order valence-electron chi connectivity index (χ0n) is 13.7. The Morgan fingerprint density at radius 2 is 2.05 bits per heavy atom. The van der Waals surface area contributed by atoms with Crippen molar-refractivity contribution in [1.29, 1.82) is 0 Å². The fraction of sp³-hybridized carbons (Fsp3) is 0.867. The number of amides is 1. The van der Waals surface area contributed by atoms with Crippen LogP contribution in [0, 0.1) is 0 Å². The van der Waals surface area contributed by atoms with Crippen molar-refractivity contribution in [3.05, 3.63) is 0 Å². The van der Waals surface area contributed by atoms with Gasteiger partial charge >= 0.3 is 12.1 Å². The first kappa shape index (κ1) is 18.7. The van der Waals surface area contributed by atoms with Crippen molar-refractivity contribution in [3.8, 4) is 0 Å². The maximum absolute atomic E-state index is 14.4. The van der Waals surface area contributed by atoms with E-state index in [1.807, 2.05) is 6.92 Å². The monoisotopic (exact) mass is 319 g/mol. The Hall–Kier alpha value is -1.37. The van der Waals surface area contributed by atoms with Crippen molar-refractivity contribution in [2.24, 2.45) is 0 Å². The van der Waals surface area contributed by atoms with E-state index in [-0.39, 0.29) is 19.6 Å². The summed E-state index contributed by atoms with van der Waals surface area (Å²) in [6, 6.07) is -1.07. The topological polar surface area (TPSA) is 76.1 Å². The van der Waals surface area contributed by atoms with E-state index in [4.69, 9.17) is 14.6 Å². The summed E-state index contributed by atoms with van der Waals surface area (Å²) in [5.74, 6) is -0.660. The van der Waals surface area contributed by atoms with Gasteiger partial charge in [-0.05, 0) is 27.2 Å². The summed E-state index contributed by atoms with van der Waals surface area (Å²) in [5.41, 5.74) is -2.76. The van der Waals surface area contributed by atoms with Crippen LogP contribution in [0.4, 0.5) is 9.18 Å². The minimum Gasteiger partial charge on any atom is -0.464 e. The number of hydrogen-bond acceptors (Lipinski definition) is 5. The lowest BCUT2D eigenvalue weighted by atomic mass is 10.0. The Bertz CT molecular complexity index is 409. The molecule has 6 nitrogen and oxygen atoms in total. The van der Waals surface area contributed by atoms with E-state index in [0.717, 1.165) is 11.3 Å². The van der Waals surface area contributed by atoms with Crippen LogP contribution in [-0.4, -0.2) is 59.1 Å². The predicted octanol–water partition coefficient (Wildman–Crippen LogP) is 2.04. The highest BCUT2D eigenvalue weighted by molar-refractivity contribution is 5.82. The van der Waals surface area contributed by atoms with Gasteiger partial charge in [0, 0.05) is 6.42 Å². The second-order valence-corrected chi connectivity index (χ2v) is 6.66. The molecule has 1 amide bonds. The van der Waals surface area contributed by atoms with Gasteiger partial charge in [0.15, 0.2) is 5.67 Å². The summed E-state index contributed by atoms with van der Waals surface area (Å²) >= 11 is 0. The molecule has 1 fully saturated rings. The number of alkyl halides is 1. The van der Waals surface area contributed by atoms with Crippen molar-refractivity contribution < 1.29 is 28.6 Å². The van der Waals surface area contributed by atoms with Crippen LogP contribution in [0.5, 0.6) is 0 Å². The van der Waals surface area contributed by atoms with Crippen molar-refractivity contribution in [2.45, 2.75) is 64.3 Å². The summed E-state index contributed by atoms with van der Waals surface area (Å²) in [6.07, 6.45) is 0.495. The van der Waals surface area contributed by atoms with E-state index in [0.29, 0.717) is 6.42 Å². The van der Waals surface area contributed by atoms with Crippen molar-refractivity contribution in [2.75, 3.05) is 19.8 Å². The molecule has 1 N–H and O–H groups in total. The average molecular weight is 319 g/mol. The molecular weight excluding hydrogens is 293 g/mol. The standard InChI is InChI=1S/C15H26FNO5/c1-5-6-7-21-12(19)11-8-15(16,10-18)9-17(11)13(20)22-14(2,3)4/h11,18H,5-10H2,1-4H3/t11-,15+/m0/s1. The van der Waals surface area contributed by atoms with Crippen molar-refractivity contribution in [3.63, 3.8) is 0 Å². The minimum atomic E-state index is -2.01. The molecule has 0 bridgehead atoms. The van der Waals surface area contributed by atoms with Gasteiger partial charge in [0.25, 0.3) is 0 Å². The first-order valence-electron chi connectivity index (χ1n) is 7.58. The number of esters is 1. The third-order valence-electron chi connectivity index (χ3n) is 3.31. The molecule has 1 rings (SSSR count). The van der Waals surface area contributed by atoms with Crippen LogP contribution in [0.25, 0.3) is 0 Å². The lowest BCUT2D eigenvalue weighted by Crippen LogP contribution is -2.44. The molecule has 2 atom stereocenters. The third kappa shape index (κ3) is 5.12. The highest BCUT2D eigenvalue weighted by Gasteiger charge is 2.51. The number of carbonyl (C=O) groups is 2. The maximum atomic E-state index is 14.4. The summed E-state index contributed by atoms with van der Waals surface area (Å²) in [4.78, 5) is 25.3. The molecule has 22 heavy (non-hydrogen) atoms. The van der Waals surface area contributed by atoms with Crippen molar-refractivity contribution in [1.82, 2.24) is 4.90 Å². The molecule has 0 radical (unpaired) electrons. The highest BCUT2D eigenvalue weighted by Crippen LogP contribution is 2.32. The number of aliphatic hydroxyl groups is 1. The second-order valence-electron chi connectivity index (χ2n) is 6.66. The number of likely N-dealkylation sites (tertiary alicyclic amines) is 1. The van der Waals surface area contributed by atoms with E-state index in [1.54, 1.807) is 20.8 Å². The normalized spacial score (nSPS) is 25.2. The number of rotatable bonds is 5. The summed E-state index contributed by atoms with van der Waals surface area (Å²) in [6.45, 7) is 6.09. The first-order chi connectivity index (χ1) is 10.1. The Labute approximate surface area is 130 Å². The zero-order valence-corrected chi connectivity index (χ0v) is 13.7. The van der Waals surface area contributed by atoms with E-state index in [9.17, 15) is 14.0 Å². The zero-order chi connectivity index (χ0) is 17.0. The van der Waals surface area contributed by atoms with Gasteiger partial charge in [-0.25, -0.2) is 14.0 Å². The summed E-state index contributed by atoms with van der Waals surface area (Å²) in [5, 5.41) is 9.17. The van der Waals surface area contributed by atoms with Gasteiger partial charge in [0.2, 0.25) is 0 Å². The van der Waals surface area contributed by atoms with Crippen LogP contribution < -0.4 is 0 Å². The van der Waals surface area contributed by atoms with Gasteiger partial charge in [0.1, 0.15) is 11.6 Å². The van der Waals surface area contributed by atoms with E-state index in [1.165, 1.54) is 0 Å². The third-order valence-corrected chi connectivity index (χ3v) is 3.31. The number of carbonyl (C=O) groups excluding carboxylic acids is 2. The fourth-order valence-electron chi connectivity index (χ4n) is 2.19. The van der Waals surface area contributed by atoms with E-state index < -0.39 is 36.0 Å². The average Bonchev–Trinajstić information content (AvgIpc) is 2.76. The molecule has 128 valence electrons. The second kappa shape index (κ2) is 7.26. The number of halogens is 1. The molecular formula is C15H26FNO5. The van der Waals surface area contributed by atoms with Crippen LogP contribution in [0.2, 0.25) is 0 Å². The van der Waals surface area contributed by atoms with Gasteiger partial charge in [-0.1, -0.05) is 13.3 Å². The lowest BCUT2D eigenvalue weighted by Gasteiger charge is -2.27. The highest BCUT2D eigenvalue weighted by atomic mass is 19.1. The smallest absolute Gasteiger partial charge is 0.411 e. The van der Waals surface area contributed by atoms with Crippen LogP contribution >= 0.6 is 0 Å². The molecule has 1 saturated heterocycles. The predicted molar refractivity (Wildman–Crippen MR) is 78.1 cm³/mol. The Balaban J connectivity index is 2.81. The molecule has 1 heterocycles. The molecule has 1 aliphatic rings. The Morgan fingerprint density at radius 3 is 2.55 bits per heavy atom. The number of hydrogen-bond donors (Lipinski definition) is 1. The van der Waals surface area contributed by atoms with E-state index >= 15 is 0 Å². The number of unbranched alkanes of at least 4 members (excludes halogenated alkanes) is 1. The van der Waals surface area contributed by atoms with Crippen LogP contribution in [0.1, 0.15) is 47.0 Å². The first-order valence-corrected chi connectivity index (χ1v) is 7.58. The lowest BCUT2D eigenvalue weighted by molar-refractivity contribution is -0.149. The molecule has 0 aromatic carbocycles. The van der Waals surface area contributed by atoms with Gasteiger partial charge in [-0.2, -0.15) is 0 Å². The van der Waals surface area contributed by atoms with Gasteiger partial charge < -0.3 is 14.6 Å². The molecule has 1 aliphatic heterocycles. The van der Waals surface area contributed by atoms with E-state index in [2.05, 4.69) is 0 Å². The molecule has 0 unspecified atom stereocenters. The number of aliphatic hydroxyl groups excluding tert-OH is 1. The SMILES string of the molecule is CCCCOC(=O)[C@@H]1C[C@](F)(CO)CN1C(=O)OC(C)(C)C. The van der Waals surface area contributed by atoms with Crippen LogP contribution in [-0.2, 0) is 14.3 Å². The van der Waals surface area contributed by atoms with Crippen LogP contribution in [0.3, 0.4) is 0 Å². The van der Waals surface area contributed by atoms with Gasteiger partial charge in [0.05, 0.1) is 19.8 Å². The molecule has 7 heteroatoms. The number of ether oxygens (including phenoxy) is 2. The molecule has 0 spiro atoms. The Morgan fingerprint density at radius 1 is 1.41 bits per heavy atom. The largest absolute Gasteiger partial charge is 0.464 e.